The second kappa shape index (κ2) is 7.75. The molecule has 0 aromatic carbocycles. The number of ether oxygens (including phenoxy) is 3. The highest BCUT2D eigenvalue weighted by molar-refractivity contribution is 7.86. The molecule has 3 aliphatic rings. The summed E-state index contributed by atoms with van der Waals surface area (Å²) in [4.78, 5) is 13.8. The average molecular weight is 415 g/mol. The highest BCUT2D eigenvalue weighted by Gasteiger charge is 2.68. The number of ketones is 1. The van der Waals surface area contributed by atoms with E-state index in [9.17, 15) is 9.00 Å². The van der Waals surface area contributed by atoms with E-state index in [-0.39, 0.29) is 47.4 Å². The Morgan fingerprint density at radius 3 is 2.36 bits per heavy atom. The molecule has 5 nitrogen and oxygen atoms in total. The van der Waals surface area contributed by atoms with Crippen LogP contribution in [0.4, 0.5) is 0 Å². The molecule has 162 valence electrons. The number of methoxy groups -OCH3 is 2. The zero-order chi connectivity index (χ0) is 20.9. The van der Waals surface area contributed by atoms with Crippen LogP contribution >= 0.6 is 0 Å². The fraction of sp³-hybridized carbons (Fsp3) is 0.955. The number of Topliss-reactive ketones (excluding diaryl/α,β-unsaturated/α-hetero) is 1. The standard InChI is InChI=1S/C22H38O5S/c1-14-8-10-22-11-9-16(26-6)18(22)21(14,4)17(27-13-25-5)12-20(3,28(7)24)19(23)15(22)2/h14-18H,8-13H2,1-7H3/t14-,15+,16-,17?,18?,20-,21+,22?,28?/m1/s1. The summed E-state index contributed by atoms with van der Waals surface area (Å²) in [7, 11) is 2.15. The molecular weight excluding hydrogens is 376 g/mol. The summed E-state index contributed by atoms with van der Waals surface area (Å²) >= 11 is 0. The quantitative estimate of drug-likeness (QED) is 0.644. The van der Waals surface area contributed by atoms with Gasteiger partial charge >= 0.3 is 0 Å². The van der Waals surface area contributed by atoms with Gasteiger partial charge in [-0.15, -0.1) is 0 Å². The maximum absolute atomic E-state index is 13.8. The lowest BCUT2D eigenvalue weighted by Crippen LogP contribution is -2.64. The summed E-state index contributed by atoms with van der Waals surface area (Å²) < 4.78 is 29.5. The first kappa shape index (κ1) is 22.4. The zero-order valence-corrected chi connectivity index (χ0v) is 19.4. The monoisotopic (exact) mass is 414 g/mol. The Balaban J connectivity index is 2.21. The third-order valence-corrected chi connectivity index (χ3v) is 10.7. The van der Waals surface area contributed by atoms with Gasteiger partial charge in [-0.05, 0) is 56.3 Å². The average Bonchev–Trinajstić information content (AvgIpc) is 3.06. The lowest BCUT2D eigenvalue weighted by Gasteiger charge is -2.62. The van der Waals surface area contributed by atoms with Crippen molar-refractivity contribution in [3.8, 4) is 0 Å². The van der Waals surface area contributed by atoms with Crippen LogP contribution in [0.25, 0.3) is 0 Å². The molecule has 0 aromatic rings. The van der Waals surface area contributed by atoms with Crippen molar-refractivity contribution in [2.24, 2.45) is 28.6 Å². The van der Waals surface area contributed by atoms with Crippen LogP contribution < -0.4 is 0 Å². The van der Waals surface area contributed by atoms with Crippen LogP contribution in [0.3, 0.4) is 0 Å². The topological polar surface area (TPSA) is 61.8 Å². The minimum atomic E-state index is -1.27. The van der Waals surface area contributed by atoms with Gasteiger partial charge in [0.15, 0.2) is 5.78 Å². The maximum Gasteiger partial charge on any atom is 0.154 e. The molecule has 0 aliphatic heterocycles. The number of rotatable bonds is 5. The van der Waals surface area contributed by atoms with Crippen molar-refractivity contribution in [2.45, 2.75) is 76.8 Å². The molecule has 0 heterocycles. The molecule has 28 heavy (non-hydrogen) atoms. The van der Waals surface area contributed by atoms with Crippen molar-refractivity contribution in [3.63, 3.8) is 0 Å². The van der Waals surface area contributed by atoms with Gasteiger partial charge in [0.25, 0.3) is 0 Å². The molecule has 0 saturated heterocycles. The minimum Gasteiger partial charge on any atom is -0.381 e. The van der Waals surface area contributed by atoms with E-state index in [1.807, 2.05) is 6.92 Å². The Morgan fingerprint density at radius 2 is 1.79 bits per heavy atom. The van der Waals surface area contributed by atoms with Crippen LogP contribution in [0.15, 0.2) is 0 Å². The van der Waals surface area contributed by atoms with E-state index in [1.54, 1.807) is 20.5 Å². The van der Waals surface area contributed by atoms with E-state index in [0.29, 0.717) is 12.3 Å². The summed E-state index contributed by atoms with van der Waals surface area (Å²) in [5, 5.41) is 0. The van der Waals surface area contributed by atoms with Gasteiger partial charge < -0.3 is 14.2 Å². The predicted molar refractivity (Wildman–Crippen MR) is 110 cm³/mol. The van der Waals surface area contributed by atoms with Gasteiger partial charge in [-0.2, -0.15) is 0 Å². The van der Waals surface area contributed by atoms with E-state index in [1.165, 1.54) is 0 Å². The summed E-state index contributed by atoms with van der Waals surface area (Å²) in [6.45, 7) is 8.79. The Kier molecular flexibility index (Phi) is 6.20. The van der Waals surface area contributed by atoms with Crippen molar-refractivity contribution in [2.75, 3.05) is 27.3 Å². The molecule has 4 unspecified atom stereocenters. The lowest BCUT2D eigenvalue weighted by atomic mass is 9.45. The Morgan fingerprint density at radius 1 is 1.14 bits per heavy atom. The van der Waals surface area contributed by atoms with Crippen LogP contribution in [-0.4, -0.2) is 54.2 Å². The fourth-order valence-electron chi connectivity index (χ4n) is 7.02. The highest BCUT2D eigenvalue weighted by Crippen LogP contribution is 2.68. The summed E-state index contributed by atoms with van der Waals surface area (Å²) in [6.07, 6.45) is 6.15. The van der Waals surface area contributed by atoms with Gasteiger partial charge in [0.05, 0.1) is 12.2 Å². The molecule has 0 aromatic heterocycles. The fourth-order valence-corrected chi connectivity index (χ4v) is 7.87. The molecule has 6 heteroatoms. The van der Waals surface area contributed by atoms with E-state index < -0.39 is 15.5 Å². The normalized spacial score (nSPS) is 50.0. The van der Waals surface area contributed by atoms with Crippen LogP contribution in [0.2, 0.25) is 0 Å². The van der Waals surface area contributed by atoms with Crippen LogP contribution in [0.1, 0.15) is 59.8 Å². The summed E-state index contributed by atoms with van der Waals surface area (Å²) in [6, 6.07) is 0. The summed E-state index contributed by atoms with van der Waals surface area (Å²) in [5.74, 6) is 0.696. The van der Waals surface area contributed by atoms with E-state index in [2.05, 4.69) is 20.8 Å². The summed E-state index contributed by atoms with van der Waals surface area (Å²) in [5.41, 5.74) is -0.266. The molecule has 0 radical (unpaired) electrons. The number of hydrogen-bond donors (Lipinski definition) is 0. The number of hydrogen-bond acceptors (Lipinski definition) is 5. The molecule has 9 atom stereocenters. The van der Waals surface area contributed by atoms with Crippen molar-refractivity contribution < 1.29 is 23.2 Å². The van der Waals surface area contributed by atoms with Gasteiger partial charge in [0.2, 0.25) is 0 Å². The van der Waals surface area contributed by atoms with Crippen molar-refractivity contribution in [1.29, 1.82) is 0 Å². The van der Waals surface area contributed by atoms with E-state index in [4.69, 9.17) is 14.2 Å². The van der Waals surface area contributed by atoms with Gasteiger partial charge in [-0.25, -0.2) is 0 Å². The molecule has 0 N–H and O–H groups in total. The second-order valence-electron chi connectivity index (χ2n) is 9.87. The third-order valence-electron chi connectivity index (χ3n) is 9.03. The smallest absolute Gasteiger partial charge is 0.154 e. The first-order chi connectivity index (χ1) is 13.1. The van der Waals surface area contributed by atoms with E-state index in [0.717, 1.165) is 25.7 Å². The SMILES string of the molecule is COCOC1C[C@@](C)(S(C)=O)C(=O)[C@H](C)C23CC[C@@H](C)[C@]1(C)C2[C@H](OC)CC3. The molecule has 3 aliphatic carbocycles. The van der Waals surface area contributed by atoms with Gasteiger partial charge in [-0.3, -0.25) is 9.00 Å². The van der Waals surface area contributed by atoms with Crippen molar-refractivity contribution in [1.82, 2.24) is 0 Å². The highest BCUT2D eigenvalue weighted by atomic mass is 32.2. The van der Waals surface area contributed by atoms with Crippen molar-refractivity contribution >= 4 is 16.6 Å². The lowest BCUT2D eigenvalue weighted by molar-refractivity contribution is -0.211. The molecule has 3 saturated carbocycles. The molecule has 3 rings (SSSR count). The van der Waals surface area contributed by atoms with Crippen molar-refractivity contribution in [3.05, 3.63) is 0 Å². The van der Waals surface area contributed by atoms with Crippen LogP contribution in [-0.2, 0) is 29.8 Å². The molecule has 3 fully saturated rings. The Hall–Kier alpha value is -0.300. The Bertz CT molecular complexity index is 638. The third kappa shape index (κ3) is 2.97. The van der Waals surface area contributed by atoms with Gasteiger partial charge in [0.1, 0.15) is 11.5 Å². The van der Waals surface area contributed by atoms with Gasteiger partial charge in [0, 0.05) is 42.6 Å². The van der Waals surface area contributed by atoms with Crippen LogP contribution in [0, 0.1) is 28.6 Å². The number of carbonyl (C=O) groups is 1. The molecule has 0 amide bonds. The largest absolute Gasteiger partial charge is 0.381 e. The molecule has 0 spiro atoms. The number of carbonyl (C=O) groups excluding carboxylic acids is 1. The molecule has 2 bridgehead atoms. The Labute approximate surface area is 172 Å². The molecular formula is C22H38O5S. The minimum absolute atomic E-state index is 0.102. The van der Waals surface area contributed by atoms with E-state index >= 15 is 0 Å². The first-order valence-corrected chi connectivity index (χ1v) is 12.2. The predicted octanol–water partition coefficient (Wildman–Crippen LogP) is 3.57. The zero-order valence-electron chi connectivity index (χ0n) is 18.6. The maximum atomic E-state index is 13.8. The van der Waals surface area contributed by atoms with Gasteiger partial charge in [-0.1, -0.05) is 20.8 Å². The second-order valence-corrected chi connectivity index (χ2v) is 11.7. The van der Waals surface area contributed by atoms with Crippen LogP contribution in [0.5, 0.6) is 0 Å². The first-order valence-electron chi connectivity index (χ1n) is 10.6.